The number of nitrogens with one attached hydrogen (secondary N) is 1. The van der Waals surface area contributed by atoms with E-state index < -0.39 is 0 Å². The van der Waals surface area contributed by atoms with Crippen LogP contribution in [0.4, 0.5) is 0 Å². The molecule has 2 atom stereocenters. The van der Waals surface area contributed by atoms with Crippen molar-refractivity contribution in [3.63, 3.8) is 0 Å². The molecule has 16 heavy (non-hydrogen) atoms. The molecule has 1 nitrogen and oxygen atoms in total. The van der Waals surface area contributed by atoms with E-state index in [0.29, 0.717) is 0 Å². The lowest BCUT2D eigenvalue weighted by molar-refractivity contribution is 0.396. The molecule has 1 aliphatic heterocycles. The fraction of sp³-hybridized carbons (Fsp3) is 1.00. The lowest BCUT2D eigenvalue weighted by atomic mass is 9.93. The first-order valence-corrected chi connectivity index (χ1v) is 7.61. The van der Waals surface area contributed by atoms with Crippen LogP contribution in [0.25, 0.3) is 0 Å². The highest BCUT2D eigenvalue weighted by Crippen LogP contribution is 2.23. The maximum absolute atomic E-state index is 3.67. The monoisotopic (exact) mass is 225 g/mol. The molecule has 1 aliphatic rings. The molecule has 0 bridgehead atoms. The highest BCUT2D eigenvalue weighted by molar-refractivity contribution is 4.82. The third-order valence-corrected chi connectivity index (χ3v) is 4.13. The summed E-state index contributed by atoms with van der Waals surface area (Å²) in [5.41, 5.74) is 0. The van der Waals surface area contributed by atoms with E-state index in [-0.39, 0.29) is 0 Å². The minimum Gasteiger partial charge on any atom is -0.314 e. The van der Waals surface area contributed by atoms with Crippen molar-refractivity contribution < 1.29 is 0 Å². The van der Waals surface area contributed by atoms with Crippen LogP contribution in [0.1, 0.15) is 78.1 Å². The van der Waals surface area contributed by atoms with Gasteiger partial charge in [0.2, 0.25) is 0 Å². The van der Waals surface area contributed by atoms with Crippen molar-refractivity contribution in [1.29, 1.82) is 0 Å². The van der Waals surface area contributed by atoms with Crippen LogP contribution < -0.4 is 5.32 Å². The lowest BCUT2D eigenvalue weighted by Gasteiger charge is -2.17. The topological polar surface area (TPSA) is 12.0 Å². The van der Waals surface area contributed by atoms with E-state index in [0.717, 1.165) is 12.0 Å². The van der Waals surface area contributed by atoms with Gasteiger partial charge in [0, 0.05) is 6.04 Å². The van der Waals surface area contributed by atoms with Crippen LogP contribution >= 0.6 is 0 Å². The summed E-state index contributed by atoms with van der Waals surface area (Å²) in [7, 11) is 0. The van der Waals surface area contributed by atoms with Crippen molar-refractivity contribution in [2.45, 2.75) is 84.1 Å². The van der Waals surface area contributed by atoms with Gasteiger partial charge in [-0.2, -0.15) is 0 Å². The number of unbranched alkanes of at least 4 members (excludes halogenated alkanes) is 6. The summed E-state index contributed by atoms with van der Waals surface area (Å²) in [5.74, 6) is 0.972. The molecule has 1 N–H and O–H groups in total. The molecule has 2 unspecified atom stereocenters. The van der Waals surface area contributed by atoms with Gasteiger partial charge in [0.05, 0.1) is 0 Å². The molecule has 1 saturated heterocycles. The Balaban J connectivity index is 1.90. The summed E-state index contributed by atoms with van der Waals surface area (Å²) in [6.45, 7) is 5.89. The highest BCUT2D eigenvalue weighted by Gasteiger charge is 2.23. The third kappa shape index (κ3) is 5.34. The smallest absolute Gasteiger partial charge is 0.00956 e. The zero-order chi connectivity index (χ0) is 11.6. The van der Waals surface area contributed by atoms with Crippen molar-refractivity contribution in [3.05, 3.63) is 0 Å². The Morgan fingerprint density at radius 2 is 1.62 bits per heavy atom. The Morgan fingerprint density at radius 3 is 2.31 bits per heavy atom. The third-order valence-electron chi connectivity index (χ3n) is 4.13. The highest BCUT2D eigenvalue weighted by atomic mass is 14.9. The quantitative estimate of drug-likeness (QED) is 0.569. The maximum atomic E-state index is 3.67. The minimum absolute atomic E-state index is 0.848. The first-order chi connectivity index (χ1) is 7.88. The molecule has 0 amide bonds. The number of hydrogen-bond acceptors (Lipinski definition) is 1. The van der Waals surface area contributed by atoms with Gasteiger partial charge in [0.25, 0.3) is 0 Å². The molecule has 96 valence electrons. The molecule has 0 aliphatic carbocycles. The molecular weight excluding hydrogens is 194 g/mol. The van der Waals surface area contributed by atoms with Crippen LogP contribution in [0, 0.1) is 5.92 Å². The Labute approximate surface area is 102 Å². The molecule has 0 spiro atoms. The Bertz CT molecular complexity index is 156. The van der Waals surface area contributed by atoms with E-state index in [1.165, 1.54) is 70.8 Å². The first-order valence-electron chi connectivity index (χ1n) is 7.61. The fourth-order valence-electron chi connectivity index (χ4n) is 2.97. The Hall–Kier alpha value is -0.0400. The van der Waals surface area contributed by atoms with Gasteiger partial charge in [0.15, 0.2) is 0 Å². The maximum Gasteiger partial charge on any atom is 0.00956 e. The van der Waals surface area contributed by atoms with Crippen LogP contribution in [-0.2, 0) is 0 Å². The number of rotatable bonds is 9. The molecule has 0 radical (unpaired) electrons. The second kappa shape index (κ2) is 9.04. The van der Waals surface area contributed by atoms with Gasteiger partial charge in [-0.25, -0.2) is 0 Å². The molecule has 0 aromatic heterocycles. The second-order valence-corrected chi connectivity index (χ2v) is 5.43. The lowest BCUT2D eigenvalue weighted by Crippen LogP contribution is -2.26. The number of hydrogen-bond donors (Lipinski definition) is 1. The predicted octanol–water partition coefficient (Wildman–Crippen LogP) is 4.52. The Morgan fingerprint density at radius 1 is 0.938 bits per heavy atom. The average molecular weight is 225 g/mol. The summed E-state index contributed by atoms with van der Waals surface area (Å²) in [6, 6.07) is 0.848. The summed E-state index contributed by atoms with van der Waals surface area (Å²) in [4.78, 5) is 0. The normalized spacial score (nSPS) is 25.1. The van der Waals surface area contributed by atoms with Gasteiger partial charge in [0.1, 0.15) is 0 Å². The average Bonchev–Trinajstić information content (AvgIpc) is 2.75. The first kappa shape index (κ1) is 14.0. The van der Waals surface area contributed by atoms with Crippen molar-refractivity contribution in [3.8, 4) is 0 Å². The van der Waals surface area contributed by atoms with Gasteiger partial charge < -0.3 is 5.32 Å². The van der Waals surface area contributed by atoms with Crippen LogP contribution in [0.3, 0.4) is 0 Å². The van der Waals surface area contributed by atoms with Crippen LogP contribution in [0.5, 0.6) is 0 Å². The van der Waals surface area contributed by atoms with E-state index in [4.69, 9.17) is 0 Å². The molecule has 1 fully saturated rings. The molecule has 0 aromatic rings. The largest absolute Gasteiger partial charge is 0.314 e. The summed E-state index contributed by atoms with van der Waals surface area (Å²) >= 11 is 0. The van der Waals surface area contributed by atoms with Crippen molar-refractivity contribution >= 4 is 0 Å². The van der Waals surface area contributed by atoms with E-state index >= 15 is 0 Å². The molecule has 0 aromatic carbocycles. The van der Waals surface area contributed by atoms with E-state index in [9.17, 15) is 0 Å². The van der Waals surface area contributed by atoms with Gasteiger partial charge in [-0.15, -0.1) is 0 Å². The van der Waals surface area contributed by atoms with Gasteiger partial charge >= 0.3 is 0 Å². The summed E-state index contributed by atoms with van der Waals surface area (Å²) < 4.78 is 0. The predicted molar refractivity (Wildman–Crippen MR) is 72.8 cm³/mol. The molecule has 0 saturated carbocycles. The van der Waals surface area contributed by atoms with E-state index in [1.807, 2.05) is 0 Å². The zero-order valence-electron chi connectivity index (χ0n) is 11.4. The summed E-state index contributed by atoms with van der Waals surface area (Å²) in [5, 5.41) is 3.67. The van der Waals surface area contributed by atoms with E-state index in [1.54, 1.807) is 0 Å². The minimum atomic E-state index is 0.848. The molecule has 1 rings (SSSR count). The van der Waals surface area contributed by atoms with Crippen molar-refractivity contribution in [2.24, 2.45) is 5.92 Å². The van der Waals surface area contributed by atoms with Gasteiger partial charge in [-0.1, -0.05) is 65.2 Å². The van der Waals surface area contributed by atoms with Crippen molar-refractivity contribution in [1.82, 2.24) is 5.32 Å². The molecule has 1 heterocycles. The van der Waals surface area contributed by atoms with E-state index in [2.05, 4.69) is 19.2 Å². The van der Waals surface area contributed by atoms with Gasteiger partial charge in [-0.3, -0.25) is 0 Å². The van der Waals surface area contributed by atoms with Crippen LogP contribution in [0.15, 0.2) is 0 Å². The zero-order valence-corrected chi connectivity index (χ0v) is 11.4. The fourth-order valence-corrected chi connectivity index (χ4v) is 2.97. The second-order valence-electron chi connectivity index (χ2n) is 5.43. The molecule has 1 heteroatoms. The van der Waals surface area contributed by atoms with Crippen molar-refractivity contribution in [2.75, 3.05) is 6.54 Å². The standard InChI is InChI=1S/C15H31N/c1-3-5-6-7-8-9-10-11-15-14(4-2)12-13-16-15/h14-16H,3-13H2,1-2H3. The SMILES string of the molecule is CCCCCCCCCC1NCCC1CC. The van der Waals surface area contributed by atoms with Gasteiger partial charge in [-0.05, 0) is 25.3 Å². The Kier molecular flexibility index (Phi) is 7.92. The summed E-state index contributed by atoms with van der Waals surface area (Å²) in [6.07, 6.45) is 14.3. The van der Waals surface area contributed by atoms with Crippen LogP contribution in [-0.4, -0.2) is 12.6 Å². The molecular formula is C15H31N. The van der Waals surface area contributed by atoms with Crippen LogP contribution in [0.2, 0.25) is 0 Å².